The van der Waals surface area contributed by atoms with Crippen LogP contribution in [0.4, 0.5) is 0 Å². The number of aliphatic hydroxyl groups excluding tert-OH is 1. The van der Waals surface area contributed by atoms with Crippen LogP contribution in [0, 0.1) is 5.92 Å². The van der Waals surface area contributed by atoms with Crippen LogP contribution in [-0.4, -0.2) is 47.8 Å². The zero-order valence-corrected chi connectivity index (χ0v) is 10.5. The first-order valence-electron chi connectivity index (χ1n) is 6.18. The molecule has 0 aromatic carbocycles. The number of carbonyl (C=O) groups is 1. The Morgan fingerprint density at radius 1 is 1.56 bits per heavy atom. The molecule has 1 N–H and O–H groups in total. The highest BCUT2D eigenvalue weighted by Gasteiger charge is 2.37. The lowest BCUT2D eigenvalue weighted by molar-refractivity contribution is -0.150. The van der Waals surface area contributed by atoms with Crippen LogP contribution in [0.1, 0.15) is 33.6 Å². The minimum absolute atomic E-state index is 0.106. The van der Waals surface area contributed by atoms with Crippen molar-refractivity contribution in [3.8, 4) is 0 Å². The lowest BCUT2D eigenvalue weighted by Gasteiger charge is -2.31. The van der Waals surface area contributed by atoms with E-state index in [1.165, 1.54) is 0 Å². The Balaban J connectivity index is 2.68. The molecule has 1 heterocycles. The molecule has 1 saturated heterocycles. The van der Waals surface area contributed by atoms with Gasteiger partial charge >= 0.3 is 5.97 Å². The summed E-state index contributed by atoms with van der Waals surface area (Å²) in [6.07, 6.45) is 1.78. The molecule has 0 bridgehead atoms. The molecule has 0 aromatic heterocycles. The molecule has 0 radical (unpaired) electrons. The van der Waals surface area contributed by atoms with Crippen LogP contribution in [0.5, 0.6) is 0 Å². The van der Waals surface area contributed by atoms with Gasteiger partial charge in [0.05, 0.1) is 13.2 Å². The third kappa shape index (κ3) is 2.74. The molecule has 0 aliphatic carbocycles. The Hall–Kier alpha value is -0.610. The van der Waals surface area contributed by atoms with Crippen molar-refractivity contribution in [1.29, 1.82) is 0 Å². The average Bonchev–Trinajstić information content (AvgIpc) is 2.61. The van der Waals surface area contributed by atoms with Crippen molar-refractivity contribution in [2.45, 2.75) is 45.7 Å². The number of hydrogen-bond donors (Lipinski definition) is 1. The van der Waals surface area contributed by atoms with E-state index in [4.69, 9.17) is 4.74 Å². The van der Waals surface area contributed by atoms with Crippen LogP contribution in [0.3, 0.4) is 0 Å². The topological polar surface area (TPSA) is 49.8 Å². The number of aliphatic hydroxyl groups is 1. The van der Waals surface area contributed by atoms with Gasteiger partial charge in [0.25, 0.3) is 0 Å². The highest BCUT2D eigenvalue weighted by Crippen LogP contribution is 2.27. The molecule has 0 amide bonds. The summed E-state index contributed by atoms with van der Waals surface area (Å²) in [5.74, 6) is 0.297. The molecule has 0 aromatic rings. The molecular weight excluding hydrogens is 206 g/mol. The standard InChI is InChI=1S/C12H23NO3/c1-4-10(12(15)16-5-2)13-7-6-9(3)11(13)8-14/h9-11,14H,4-8H2,1-3H3. The second kappa shape index (κ2) is 6.21. The van der Waals surface area contributed by atoms with Gasteiger partial charge in [-0.25, -0.2) is 0 Å². The van der Waals surface area contributed by atoms with Gasteiger partial charge in [-0.05, 0) is 32.2 Å². The lowest BCUT2D eigenvalue weighted by atomic mass is 10.0. The molecule has 3 unspecified atom stereocenters. The Labute approximate surface area is 97.6 Å². The fourth-order valence-corrected chi connectivity index (χ4v) is 2.48. The van der Waals surface area contributed by atoms with Crippen LogP contribution < -0.4 is 0 Å². The summed E-state index contributed by atoms with van der Waals surface area (Å²) in [5.41, 5.74) is 0. The first kappa shape index (κ1) is 13.5. The van der Waals surface area contributed by atoms with E-state index in [2.05, 4.69) is 11.8 Å². The maximum atomic E-state index is 11.8. The Bertz CT molecular complexity index is 232. The Morgan fingerprint density at radius 2 is 2.25 bits per heavy atom. The summed E-state index contributed by atoms with van der Waals surface area (Å²) in [7, 11) is 0. The lowest BCUT2D eigenvalue weighted by Crippen LogP contribution is -2.47. The number of likely N-dealkylation sites (tertiary alicyclic amines) is 1. The minimum atomic E-state index is -0.193. The normalized spacial score (nSPS) is 28.0. The number of hydrogen-bond acceptors (Lipinski definition) is 4. The number of nitrogens with zero attached hydrogens (tertiary/aromatic N) is 1. The molecule has 4 heteroatoms. The van der Waals surface area contributed by atoms with Gasteiger partial charge in [0.15, 0.2) is 0 Å². The number of carbonyl (C=O) groups excluding carboxylic acids is 1. The number of ether oxygens (including phenoxy) is 1. The second-order valence-electron chi connectivity index (χ2n) is 4.43. The van der Waals surface area contributed by atoms with Gasteiger partial charge in [-0.15, -0.1) is 0 Å². The van der Waals surface area contributed by atoms with Crippen molar-refractivity contribution in [2.75, 3.05) is 19.8 Å². The van der Waals surface area contributed by atoms with Gasteiger partial charge in [-0.2, -0.15) is 0 Å². The predicted molar refractivity (Wildman–Crippen MR) is 62.1 cm³/mol. The molecule has 3 atom stereocenters. The van der Waals surface area contributed by atoms with Crippen LogP contribution in [0.15, 0.2) is 0 Å². The van der Waals surface area contributed by atoms with E-state index < -0.39 is 0 Å². The van der Waals surface area contributed by atoms with Crippen LogP contribution in [0.25, 0.3) is 0 Å². The quantitative estimate of drug-likeness (QED) is 0.715. The average molecular weight is 229 g/mol. The van der Waals surface area contributed by atoms with Crippen molar-refractivity contribution >= 4 is 5.97 Å². The molecule has 0 spiro atoms. The van der Waals surface area contributed by atoms with Gasteiger partial charge in [0.2, 0.25) is 0 Å². The van der Waals surface area contributed by atoms with Crippen molar-refractivity contribution in [3.63, 3.8) is 0 Å². The van der Waals surface area contributed by atoms with Crippen LogP contribution in [0.2, 0.25) is 0 Å². The SMILES string of the molecule is CCOC(=O)C(CC)N1CCC(C)C1CO. The van der Waals surface area contributed by atoms with E-state index in [0.717, 1.165) is 19.4 Å². The summed E-state index contributed by atoms with van der Waals surface area (Å²) < 4.78 is 5.07. The summed E-state index contributed by atoms with van der Waals surface area (Å²) >= 11 is 0. The Kier molecular flexibility index (Phi) is 5.22. The first-order valence-corrected chi connectivity index (χ1v) is 6.18. The maximum absolute atomic E-state index is 11.8. The van der Waals surface area contributed by atoms with Crippen molar-refractivity contribution in [2.24, 2.45) is 5.92 Å². The fraction of sp³-hybridized carbons (Fsp3) is 0.917. The van der Waals surface area contributed by atoms with Gasteiger partial charge < -0.3 is 9.84 Å². The molecule has 1 rings (SSSR count). The zero-order chi connectivity index (χ0) is 12.1. The molecule has 16 heavy (non-hydrogen) atoms. The molecule has 1 fully saturated rings. The summed E-state index contributed by atoms with van der Waals surface area (Å²) in [6, 6.07) is -0.0867. The third-order valence-electron chi connectivity index (χ3n) is 3.46. The summed E-state index contributed by atoms with van der Waals surface area (Å²) in [4.78, 5) is 13.9. The van der Waals surface area contributed by atoms with E-state index in [1.54, 1.807) is 0 Å². The monoisotopic (exact) mass is 229 g/mol. The van der Waals surface area contributed by atoms with Gasteiger partial charge in [0.1, 0.15) is 6.04 Å². The smallest absolute Gasteiger partial charge is 0.323 e. The molecule has 94 valence electrons. The molecule has 0 saturated carbocycles. The highest BCUT2D eigenvalue weighted by atomic mass is 16.5. The minimum Gasteiger partial charge on any atom is -0.465 e. The van der Waals surface area contributed by atoms with E-state index in [-0.39, 0.29) is 24.7 Å². The molecular formula is C12H23NO3. The highest BCUT2D eigenvalue weighted by molar-refractivity contribution is 5.75. The van der Waals surface area contributed by atoms with Crippen LogP contribution in [-0.2, 0) is 9.53 Å². The first-order chi connectivity index (χ1) is 7.65. The van der Waals surface area contributed by atoms with E-state index in [1.807, 2.05) is 13.8 Å². The Morgan fingerprint density at radius 3 is 2.75 bits per heavy atom. The maximum Gasteiger partial charge on any atom is 0.323 e. The predicted octanol–water partition coefficient (Wildman–Crippen LogP) is 1.03. The van der Waals surface area contributed by atoms with Crippen molar-refractivity contribution in [3.05, 3.63) is 0 Å². The number of esters is 1. The molecule has 1 aliphatic heterocycles. The van der Waals surface area contributed by atoms with Crippen molar-refractivity contribution in [1.82, 2.24) is 4.90 Å². The van der Waals surface area contributed by atoms with Crippen molar-refractivity contribution < 1.29 is 14.6 Å². The zero-order valence-electron chi connectivity index (χ0n) is 10.5. The third-order valence-corrected chi connectivity index (χ3v) is 3.46. The van der Waals surface area contributed by atoms with E-state index in [0.29, 0.717) is 12.5 Å². The number of rotatable bonds is 5. The fourth-order valence-electron chi connectivity index (χ4n) is 2.48. The van der Waals surface area contributed by atoms with Gasteiger partial charge in [-0.3, -0.25) is 9.69 Å². The largest absolute Gasteiger partial charge is 0.465 e. The van der Waals surface area contributed by atoms with E-state index >= 15 is 0 Å². The van der Waals surface area contributed by atoms with E-state index in [9.17, 15) is 9.90 Å². The summed E-state index contributed by atoms with van der Waals surface area (Å²) in [6.45, 7) is 7.35. The van der Waals surface area contributed by atoms with Gasteiger partial charge in [0, 0.05) is 6.04 Å². The van der Waals surface area contributed by atoms with Gasteiger partial charge in [-0.1, -0.05) is 13.8 Å². The summed E-state index contributed by atoms with van der Waals surface area (Å²) in [5, 5.41) is 9.37. The van der Waals surface area contributed by atoms with Crippen LogP contribution >= 0.6 is 0 Å². The molecule has 4 nitrogen and oxygen atoms in total. The molecule has 1 aliphatic rings. The second-order valence-corrected chi connectivity index (χ2v) is 4.43.